The molecule has 7 rings (SSSR count). The fourth-order valence-electron chi connectivity index (χ4n) is 8.36. The van der Waals surface area contributed by atoms with Crippen molar-refractivity contribution in [1.82, 2.24) is 0 Å². The van der Waals surface area contributed by atoms with E-state index < -0.39 is 0 Å². The Labute approximate surface area is 285 Å². The van der Waals surface area contributed by atoms with Crippen LogP contribution in [0.25, 0.3) is 44.6 Å². The molecule has 1 atom stereocenters. The third kappa shape index (κ3) is 5.11. The number of rotatable bonds is 8. The van der Waals surface area contributed by atoms with Gasteiger partial charge in [0.15, 0.2) is 17.5 Å². The molecule has 0 saturated heterocycles. The summed E-state index contributed by atoms with van der Waals surface area (Å²) in [6, 6.07) is 46.5. The predicted octanol–water partition coefficient (Wildman–Crippen LogP) is 11.4. The molecule has 238 valence electrons. The lowest BCUT2D eigenvalue weighted by Gasteiger charge is -2.47. The van der Waals surface area contributed by atoms with Crippen LogP contribution >= 0.6 is 0 Å². The standard InChI is InChI=1S/C46H44NO/c1-6-45(5)42-24-23-36(30-41(42)43-25-22-32(4)31-47(43)46(45,7-2)8-3)35-20-15-21-37(26-35)44(48)40-28-38(33-16-11-9-12-17-33)27-39(29-40)34-18-13-10-14-19-34/h9-31H,6-8H2,1-5H3/q+1. The van der Waals surface area contributed by atoms with Crippen molar-refractivity contribution < 1.29 is 9.36 Å². The first-order chi connectivity index (χ1) is 23.3. The molecular formula is C46H44NO+. The Morgan fingerprint density at radius 2 is 1.15 bits per heavy atom. The maximum atomic E-state index is 14.3. The second-order valence-corrected chi connectivity index (χ2v) is 13.6. The van der Waals surface area contributed by atoms with Crippen LogP contribution in [0.15, 0.2) is 140 Å². The zero-order chi connectivity index (χ0) is 33.5. The van der Waals surface area contributed by atoms with E-state index in [1.165, 1.54) is 22.4 Å². The van der Waals surface area contributed by atoms with E-state index in [0.29, 0.717) is 11.1 Å². The fourth-order valence-corrected chi connectivity index (χ4v) is 8.36. The number of nitrogens with zero attached hydrogens (tertiary/aromatic N) is 1. The van der Waals surface area contributed by atoms with Crippen LogP contribution in [-0.2, 0) is 11.0 Å². The van der Waals surface area contributed by atoms with Gasteiger partial charge in [-0.25, -0.2) is 0 Å². The summed E-state index contributed by atoms with van der Waals surface area (Å²) in [7, 11) is 0. The fraction of sp³-hybridized carbons (Fsp3) is 0.217. The number of hydrogen-bond donors (Lipinski definition) is 0. The molecule has 48 heavy (non-hydrogen) atoms. The maximum Gasteiger partial charge on any atom is 0.213 e. The zero-order valence-electron chi connectivity index (χ0n) is 28.8. The van der Waals surface area contributed by atoms with Crippen LogP contribution in [-0.4, -0.2) is 5.78 Å². The van der Waals surface area contributed by atoms with Crippen molar-refractivity contribution in [3.05, 3.63) is 162 Å². The summed E-state index contributed by atoms with van der Waals surface area (Å²) in [5.41, 5.74) is 13.0. The highest BCUT2D eigenvalue weighted by atomic mass is 16.1. The molecule has 0 saturated carbocycles. The van der Waals surface area contributed by atoms with Crippen molar-refractivity contribution in [3.8, 4) is 44.6 Å². The molecule has 0 bridgehead atoms. The first kappa shape index (κ1) is 31.5. The first-order valence-electron chi connectivity index (χ1n) is 17.4. The summed E-state index contributed by atoms with van der Waals surface area (Å²) < 4.78 is 2.59. The number of ketones is 1. The van der Waals surface area contributed by atoms with Crippen molar-refractivity contribution >= 4 is 5.78 Å². The van der Waals surface area contributed by atoms with Gasteiger partial charge in [-0.2, -0.15) is 4.57 Å². The Morgan fingerprint density at radius 1 is 0.562 bits per heavy atom. The van der Waals surface area contributed by atoms with Gasteiger partial charge in [0, 0.05) is 35.6 Å². The van der Waals surface area contributed by atoms with Gasteiger partial charge in [-0.05, 0) is 95.6 Å². The summed E-state index contributed by atoms with van der Waals surface area (Å²) >= 11 is 0. The molecule has 5 aromatic carbocycles. The molecule has 0 aliphatic carbocycles. The third-order valence-corrected chi connectivity index (χ3v) is 11.2. The highest BCUT2D eigenvalue weighted by Crippen LogP contribution is 2.51. The highest BCUT2D eigenvalue weighted by Gasteiger charge is 2.58. The second kappa shape index (κ2) is 12.5. The molecule has 2 nitrogen and oxygen atoms in total. The van der Waals surface area contributed by atoms with Gasteiger partial charge in [0.2, 0.25) is 5.69 Å². The molecule has 6 aromatic rings. The van der Waals surface area contributed by atoms with Gasteiger partial charge >= 0.3 is 0 Å². The lowest BCUT2D eigenvalue weighted by atomic mass is 9.58. The molecule has 0 amide bonds. The van der Waals surface area contributed by atoms with Gasteiger partial charge in [0.05, 0.1) is 11.0 Å². The van der Waals surface area contributed by atoms with Crippen molar-refractivity contribution in [3.63, 3.8) is 0 Å². The van der Waals surface area contributed by atoms with Gasteiger partial charge in [-0.15, -0.1) is 0 Å². The molecule has 1 unspecified atom stereocenters. The molecular weight excluding hydrogens is 583 g/mol. The third-order valence-electron chi connectivity index (χ3n) is 11.2. The van der Waals surface area contributed by atoms with Crippen LogP contribution in [0.5, 0.6) is 0 Å². The average Bonchev–Trinajstić information content (AvgIpc) is 3.15. The summed E-state index contributed by atoms with van der Waals surface area (Å²) in [5.74, 6) is 0.0235. The SMILES string of the molecule is CCC1(C)c2ccc(-c3cccc(C(=O)c4cc(-c5ccccc5)cc(-c5ccccc5)c4)c3)cc2-c2ccc(C)c[n+]2C1(CC)CC. The van der Waals surface area contributed by atoms with Crippen LogP contribution < -0.4 is 4.57 Å². The second-order valence-electron chi connectivity index (χ2n) is 13.6. The smallest absolute Gasteiger partial charge is 0.213 e. The van der Waals surface area contributed by atoms with E-state index in [-0.39, 0.29) is 16.7 Å². The van der Waals surface area contributed by atoms with Crippen LogP contribution in [0.3, 0.4) is 0 Å². The van der Waals surface area contributed by atoms with Crippen LogP contribution in [0, 0.1) is 6.92 Å². The van der Waals surface area contributed by atoms with E-state index in [1.807, 2.05) is 60.7 Å². The van der Waals surface area contributed by atoms with Crippen molar-refractivity contribution in [2.45, 2.75) is 64.8 Å². The molecule has 0 fully saturated rings. The van der Waals surface area contributed by atoms with Crippen LogP contribution in [0.2, 0.25) is 0 Å². The summed E-state index contributed by atoms with van der Waals surface area (Å²) in [6.07, 6.45) is 5.55. The maximum absolute atomic E-state index is 14.3. The topological polar surface area (TPSA) is 20.9 Å². The number of carbonyl (C=O) groups excluding carboxylic acids is 1. The lowest BCUT2D eigenvalue weighted by molar-refractivity contribution is -0.769. The van der Waals surface area contributed by atoms with E-state index in [0.717, 1.165) is 52.6 Å². The minimum absolute atomic E-state index is 0.00313. The zero-order valence-corrected chi connectivity index (χ0v) is 28.8. The van der Waals surface area contributed by atoms with E-state index in [9.17, 15) is 4.79 Å². The number of hydrogen-bond acceptors (Lipinski definition) is 1. The number of fused-ring (bicyclic) bond motifs is 3. The molecule has 1 aliphatic heterocycles. The Balaban J connectivity index is 1.32. The van der Waals surface area contributed by atoms with Gasteiger partial charge in [-0.1, -0.05) is 112 Å². The van der Waals surface area contributed by atoms with E-state index in [4.69, 9.17) is 0 Å². The Hall–Kier alpha value is -5.08. The van der Waals surface area contributed by atoms with Crippen molar-refractivity contribution in [2.75, 3.05) is 0 Å². The minimum atomic E-state index is -0.0200. The quantitative estimate of drug-likeness (QED) is 0.122. The van der Waals surface area contributed by atoms with Gasteiger partial charge < -0.3 is 0 Å². The van der Waals surface area contributed by atoms with Crippen LogP contribution in [0.1, 0.15) is 74.0 Å². The summed E-state index contributed by atoms with van der Waals surface area (Å²) in [6.45, 7) is 11.7. The minimum Gasteiger partial charge on any atom is -0.289 e. The highest BCUT2D eigenvalue weighted by molar-refractivity contribution is 6.11. The molecule has 2 heteroatoms. The van der Waals surface area contributed by atoms with Crippen molar-refractivity contribution in [1.29, 1.82) is 0 Å². The predicted molar refractivity (Wildman–Crippen MR) is 199 cm³/mol. The van der Waals surface area contributed by atoms with Gasteiger partial charge in [0.1, 0.15) is 0 Å². The molecule has 0 spiro atoms. The molecule has 0 N–H and O–H groups in total. The number of aromatic nitrogens is 1. The Morgan fingerprint density at radius 3 is 1.75 bits per heavy atom. The largest absolute Gasteiger partial charge is 0.289 e. The lowest BCUT2D eigenvalue weighted by Crippen LogP contribution is -2.68. The number of carbonyl (C=O) groups is 1. The first-order valence-corrected chi connectivity index (χ1v) is 17.4. The van der Waals surface area contributed by atoms with Gasteiger partial charge in [0.25, 0.3) is 0 Å². The summed E-state index contributed by atoms with van der Waals surface area (Å²) in [4.78, 5) is 14.3. The number of pyridine rings is 1. The van der Waals surface area contributed by atoms with Crippen LogP contribution in [0.4, 0.5) is 0 Å². The average molecular weight is 627 g/mol. The Bertz CT molecular complexity index is 2070. The monoisotopic (exact) mass is 626 g/mol. The van der Waals surface area contributed by atoms with Gasteiger partial charge in [-0.3, -0.25) is 4.79 Å². The van der Waals surface area contributed by atoms with E-state index in [2.05, 4.69) is 118 Å². The Kier molecular flexibility index (Phi) is 8.21. The van der Waals surface area contributed by atoms with E-state index in [1.54, 1.807) is 0 Å². The van der Waals surface area contributed by atoms with E-state index >= 15 is 0 Å². The number of benzene rings is 5. The molecule has 2 heterocycles. The molecule has 1 aromatic heterocycles. The number of aryl methyl sites for hydroxylation is 1. The van der Waals surface area contributed by atoms with Crippen molar-refractivity contribution in [2.24, 2.45) is 0 Å². The molecule has 1 aliphatic rings. The molecule has 0 radical (unpaired) electrons. The normalized spacial score (nSPS) is 16.2. The summed E-state index contributed by atoms with van der Waals surface area (Å²) in [5, 5.41) is 0.